The minimum Gasteiger partial charge on any atom is -0.409 e. The highest BCUT2D eigenvalue weighted by Gasteiger charge is 2.30. The van der Waals surface area contributed by atoms with Crippen molar-refractivity contribution in [2.45, 2.75) is 25.3 Å². The molecule has 0 unspecified atom stereocenters. The lowest BCUT2D eigenvalue weighted by Gasteiger charge is -2.21. The Labute approximate surface area is 108 Å². The summed E-state index contributed by atoms with van der Waals surface area (Å²) in [4.78, 5) is 10.6. The molecular weight excluding hydrogens is 286 g/mol. The largest absolute Gasteiger partial charge is 0.409 e. The van der Waals surface area contributed by atoms with E-state index in [-0.39, 0.29) is 5.84 Å². The maximum Gasteiger partial charge on any atom is 0.225 e. The normalized spacial score (nSPS) is 15.9. The lowest BCUT2D eigenvalue weighted by atomic mass is 10.3. The van der Waals surface area contributed by atoms with Crippen LogP contribution in [0.15, 0.2) is 22.0 Å². The molecule has 1 fully saturated rings. The van der Waals surface area contributed by atoms with Crippen LogP contribution in [0.2, 0.25) is 0 Å². The quantitative estimate of drug-likeness (QED) is 0.371. The molecule has 1 saturated carbocycles. The van der Waals surface area contributed by atoms with Crippen molar-refractivity contribution in [1.29, 1.82) is 0 Å². The Morgan fingerprint density at radius 2 is 2.18 bits per heavy atom. The number of nitrogens with zero attached hydrogens (tertiary/aromatic N) is 4. The summed E-state index contributed by atoms with van der Waals surface area (Å²) in [7, 11) is 0. The summed E-state index contributed by atoms with van der Waals surface area (Å²) in [5.41, 5.74) is 5.47. The van der Waals surface area contributed by atoms with Crippen LogP contribution in [-0.2, 0) is 0 Å². The summed E-state index contributed by atoms with van der Waals surface area (Å²) in [6, 6.07) is 0.489. The van der Waals surface area contributed by atoms with Crippen molar-refractivity contribution in [3.05, 3.63) is 16.9 Å². The smallest absolute Gasteiger partial charge is 0.225 e. The van der Waals surface area contributed by atoms with Crippen molar-refractivity contribution >= 4 is 27.7 Å². The lowest BCUT2D eigenvalue weighted by Crippen LogP contribution is -2.31. The van der Waals surface area contributed by atoms with Gasteiger partial charge in [0.15, 0.2) is 0 Å². The number of oxime groups is 1. The Bertz CT molecular complexity index is 404. The van der Waals surface area contributed by atoms with E-state index in [1.807, 2.05) is 0 Å². The van der Waals surface area contributed by atoms with Gasteiger partial charge in [-0.25, -0.2) is 9.97 Å². The standard InChI is InChI=1S/C10H14BrN5O/c11-7-5-13-10(14-6-7)16(8-1-2-8)4-3-9(12)15-17/h5-6,8,17H,1-4H2,(H2,12,15). The molecule has 6 nitrogen and oxygen atoms in total. The van der Waals surface area contributed by atoms with Gasteiger partial charge in [0, 0.05) is 31.4 Å². The van der Waals surface area contributed by atoms with E-state index in [1.165, 1.54) is 0 Å². The molecule has 7 heteroatoms. The first-order valence-corrected chi connectivity index (χ1v) is 6.20. The van der Waals surface area contributed by atoms with Gasteiger partial charge in [-0.05, 0) is 28.8 Å². The highest BCUT2D eigenvalue weighted by atomic mass is 79.9. The zero-order valence-electron chi connectivity index (χ0n) is 9.25. The molecule has 0 aliphatic heterocycles. The maximum atomic E-state index is 8.52. The van der Waals surface area contributed by atoms with Crippen molar-refractivity contribution < 1.29 is 5.21 Å². The molecule has 17 heavy (non-hydrogen) atoms. The second-order valence-electron chi connectivity index (χ2n) is 3.97. The average molecular weight is 300 g/mol. The van der Waals surface area contributed by atoms with Gasteiger partial charge in [-0.3, -0.25) is 0 Å². The molecule has 0 bridgehead atoms. The number of amidine groups is 1. The molecule has 0 spiro atoms. The van der Waals surface area contributed by atoms with Gasteiger partial charge in [0.25, 0.3) is 0 Å². The van der Waals surface area contributed by atoms with Crippen LogP contribution in [0.25, 0.3) is 0 Å². The van der Waals surface area contributed by atoms with Crippen LogP contribution in [-0.4, -0.2) is 33.6 Å². The van der Waals surface area contributed by atoms with Crippen LogP contribution >= 0.6 is 15.9 Å². The van der Waals surface area contributed by atoms with E-state index in [2.05, 4.69) is 36.0 Å². The second-order valence-corrected chi connectivity index (χ2v) is 4.88. The molecule has 1 heterocycles. The number of halogens is 1. The van der Waals surface area contributed by atoms with Crippen LogP contribution in [0.1, 0.15) is 19.3 Å². The second kappa shape index (κ2) is 5.31. The Balaban J connectivity index is 2.04. The van der Waals surface area contributed by atoms with Gasteiger partial charge >= 0.3 is 0 Å². The summed E-state index contributed by atoms with van der Waals surface area (Å²) in [5.74, 6) is 0.925. The third-order valence-corrected chi connectivity index (χ3v) is 3.00. The first kappa shape index (κ1) is 12.1. The highest BCUT2D eigenvalue weighted by molar-refractivity contribution is 9.10. The third kappa shape index (κ3) is 3.29. The van der Waals surface area contributed by atoms with Crippen molar-refractivity contribution in [3.8, 4) is 0 Å². The number of anilines is 1. The van der Waals surface area contributed by atoms with Gasteiger partial charge in [-0.15, -0.1) is 0 Å². The number of hydrogen-bond acceptors (Lipinski definition) is 5. The van der Waals surface area contributed by atoms with Gasteiger partial charge in [0.1, 0.15) is 5.84 Å². The van der Waals surface area contributed by atoms with Crippen LogP contribution in [0.4, 0.5) is 5.95 Å². The van der Waals surface area contributed by atoms with Crippen molar-refractivity contribution in [1.82, 2.24) is 9.97 Å². The summed E-state index contributed by atoms with van der Waals surface area (Å²) in [5, 5.41) is 11.5. The maximum absolute atomic E-state index is 8.52. The molecular formula is C10H14BrN5O. The number of hydrogen-bond donors (Lipinski definition) is 2. The monoisotopic (exact) mass is 299 g/mol. The van der Waals surface area contributed by atoms with Crippen molar-refractivity contribution in [3.63, 3.8) is 0 Å². The molecule has 0 atom stereocenters. The Morgan fingerprint density at radius 3 is 2.71 bits per heavy atom. The van der Waals surface area contributed by atoms with Gasteiger partial charge in [0.05, 0.1) is 4.47 Å². The Hall–Kier alpha value is -1.37. The van der Waals surface area contributed by atoms with Gasteiger partial charge in [-0.1, -0.05) is 5.16 Å². The van der Waals surface area contributed by atoms with E-state index in [0.717, 1.165) is 17.3 Å². The Kier molecular flexibility index (Phi) is 3.78. The predicted octanol–water partition coefficient (Wildman–Crippen LogP) is 1.34. The summed E-state index contributed by atoms with van der Waals surface area (Å²) in [6.45, 7) is 0.669. The lowest BCUT2D eigenvalue weighted by molar-refractivity contribution is 0.317. The summed E-state index contributed by atoms with van der Waals surface area (Å²) in [6.07, 6.45) is 6.25. The number of aromatic nitrogens is 2. The van der Waals surface area contributed by atoms with Crippen LogP contribution < -0.4 is 10.6 Å². The highest BCUT2D eigenvalue weighted by Crippen LogP contribution is 2.29. The van der Waals surface area contributed by atoms with Crippen molar-refractivity contribution in [2.75, 3.05) is 11.4 Å². The molecule has 1 aromatic rings. The molecule has 0 aromatic carbocycles. The molecule has 1 aromatic heterocycles. The van der Waals surface area contributed by atoms with Crippen LogP contribution in [0.3, 0.4) is 0 Å². The molecule has 1 aliphatic rings. The van der Waals surface area contributed by atoms with Crippen molar-refractivity contribution in [2.24, 2.45) is 10.9 Å². The molecule has 0 saturated heterocycles. The fourth-order valence-electron chi connectivity index (χ4n) is 1.57. The third-order valence-electron chi connectivity index (χ3n) is 2.59. The minimum atomic E-state index is 0.229. The molecule has 1 aliphatic carbocycles. The van der Waals surface area contributed by atoms with E-state index >= 15 is 0 Å². The van der Waals surface area contributed by atoms with E-state index in [1.54, 1.807) is 12.4 Å². The van der Waals surface area contributed by atoms with Crippen LogP contribution in [0.5, 0.6) is 0 Å². The summed E-state index contributed by atoms with van der Waals surface area (Å²) >= 11 is 3.30. The first-order valence-electron chi connectivity index (χ1n) is 5.41. The number of nitrogens with two attached hydrogens (primary N) is 1. The van der Waals surface area contributed by atoms with E-state index in [0.29, 0.717) is 25.0 Å². The summed E-state index contributed by atoms with van der Waals surface area (Å²) < 4.78 is 0.855. The molecule has 92 valence electrons. The molecule has 3 N–H and O–H groups in total. The first-order chi connectivity index (χ1) is 8.20. The Morgan fingerprint density at radius 1 is 1.53 bits per heavy atom. The van der Waals surface area contributed by atoms with E-state index < -0.39 is 0 Å². The fourth-order valence-corrected chi connectivity index (χ4v) is 1.78. The predicted molar refractivity (Wildman–Crippen MR) is 68.1 cm³/mol. The van der Waals surface area contributed by atoms with Crippen LogP contribution in [0, 0.1) is 0 Å². The van der Waals surface area contributed by atoms with Gasteiger partial charge in [0.2, 0.25) is 5.95 Å². The molecule has 0 radical (unpaired) electrons. The SMILES string of the molecule is NC(CCN(c1ncc(Br)cn1)C1CC1)=NO. The average Bonchev–Trinajstić information content (AvgIpc) is 3.15. The van der Waals surface area contributed by atoms with E-state index in [4.69, 9.17) is 10.9 Å². The number of rotatable bonds is 5. The molecule has 0 amide bonds. The topological polar surface area (TPSA) is 87.6 Å². The van der Waals surface area contributed by atoms with Gasteiger partial charge in [-0.2, -0.15) is 0 Å². The fraction of sp³-hybridized carbons (Fsp3) is 0.500. The minimum absolute atomic E-state index is 0.229. The van der Waals surface area contributed by atoms with Gasteiger partial charge < -0.3 is 15.8 Å². The van der Waals surface area contributed by atoms with E-state index in [9.17, 15) is 0 Å². The zero-order chi connectivity index (χ0) is 12.3. The zero-order valence-corrected chi connectivity index (χ0v) is 10.8. The molecule has 2 rings (SSSR count).